The van der Waals surface area contributed by atoms with Crippen LogP contribution in [0.3, 0.4) is 0 Å². The molecule has 0 amide bonds. The molecule has 0 fully saturated rings. The number of hydrogen-bond acceptors (Lipinski definition) is 2. The van der Waals surface area contributed by atoms with Gasteiger partial charge >= 0.3 is 0 Å². The molecule has 0 aliphatic heterocycles. The van der Waals surface area contributed by atoms with Gasteiger partial charge in [0.1, 0.15) is 5.75 Å². The molecule has 0 radical (unpaired) electrons. The molecule has 2 heteroatoms. The molecule has 0 spiro atoms. The standard InChI is InChI=1S/C11H12OS/c1-3-12-10-6-4-5-9-7-13-8(2)11(9)10/h4-7H,3H2,1-2H3. The smallest absolute Gasteiger partial charge is 0.128 e. The minimum Gasteiger partial charge on any atom is -0.493 e. The van der Waals surface area contributed by atoms with Gasteiger partial charge in [0, 0.05) is 10.3 Å². The van der Waals surface area contributed by atoms with Crippen molar-refractivity contribution in [2.24, 2.45) is 0 Å². The molecule has 1 nitrogen and oxygen atoms in total. The first-order chi connectivity index (χ1) is 6.33. The Morgan fingerprint density at radius 2 is 2.23 bits per heavy atom. The summed E-state index contributed by atoms with van der Waals surface area (Å²) in [7, 11) is 0. The summed E-state index contributed by atoms with van der Waals surface area (Å²) in [6.45, 7) is 4.88. The van der Waals surface area contributed by atoms with Gasteiger partial charge in [0.2, 0.25) is 0 Å². The number of fused-ring (bicyclic) bond motifs is 1. The van der Waals surface area contributed by atoms with Crippen molar-refractivity contribution in [3.63, 3.8) is 0 Å². The fourth-order valence-corrected chi connectivity index (χ4v) is 2.35. The number of rotatable bonds is 2. The van der Waals surface area contributed by atoms with Crippen LogP contribution in [0, 0.1) is 6.92 Å². The van der Waals surface area contributed by atoms with Crippen LogP contribution in [-0.2, 0) is 0 Å². The molecular formula is C11H12OS. The molecule has 0 atom stereocenters. The summed E-state index contributed by atoms with van der Waals surface area (Å²) >= 11 is 1.78. The average molecular weight is 192 g/mol. The molecule has 0 saturated carbocycles. The normalized spacial score (nSPS) is 10.6. The summed E-state index contributed by atoms with van der Waals surface area (Å²) in [4.78, 5) is 1.33. The van der Waals surface area contributed by atoms with Gasteiger partial charge in [0.05, 0.1) is 6.61 Å². The van der Waals surface area contributed by atoms with Crippen molar-refractivity contribution in [2.75, 3.05) is 6.61 Å². The second kappa shape index (κ2) is 3.38. The Labute approximate surface area is 82.0 Å². The third-order valence-electron chi connectivity index (χ3n) is 2.07. The molecule has 0 N–H and O–H groups in total. The van der Waals surface area contributed by atoms with Crippen molar-refractivity contribution in [3.8, 4) is 5.75 Å². The predicted molar refractivity (Wildman–Crippen MR) is 57.7 cm³/mol. The van der Waals surface area contributed by atoms with Crippen LogP contribution in [0.15, 0.2) is 23.6 Å². The Morgan fingerprint density at radius 3 is 3.00 bits per heavy atom. The van der Waals surface area contributed by atoms with Gasteiger partial charge in [0.15, 0.2) is 0 Å². The summed E-state index contributed by atoms with van der Waals surface area (Å²) in [5.41, 5.74) is 0. The summed E-state index contributed by atoms with van der Waals surface area (Å²) in [6, 6.07) is 6.20. The number of hydrogen-bond donors (Lipinski definition) is 0. The molecule has 1 heterocycles. The quantitative estimate of drug-likeness (QED) is 0.706. The van der Waals surface area contributed by atoms with Crippen LogP contribution in [-0.4, -0.2) is 6.61 Å². The first-order valence-corrected chi connectivity index (χ1v) is 5.30. The van der Waals surface area contributed by atoms with Crippen LogP contribution in [0.5, 0.6) is 5.75 Å². The highest BCUT2D eigenvalue weighted by molar-refractivity contribution is 7.11. The van der Waals surface area contributed by atoms with E-state index in [0.29, 0.717) is 0 Å². The number of ether oxygens (including phenoxy) is 1. The molecule has 1 aromatic carbocycles. The minimum atomic E-state index is 0.731. The van der Waals surface area contributed by atoms with Crippen molar-refractivity contribution in [3.05, 3.63) is 28.5 Å². The monoisotopic (exact) mass is 192 g/mol. The zero-order chi connectivity index (χ0) is 9.26. The zero-order valence-electron chi connectivity index (χ0n) is 7.83. The molecule has 2 rings (SSSR count). The largest absolute Gasteiger partial charge is 0.493 e. The van der Waals surface area contributed by atoms with Crippen molar-refractivity contribution >= 4 is 22.1 Å². The average Bonchev–Trinajstić information content (AvgIpc) is 2.50. The summed E-state index contributed by atoms with van der Waals surface area (Å²) in [6.07, 6.45) is 0. The molecule has 0 saturated heterocycles. The van der Waals surface area contributed by atoms with Crippen molar-refractivity contribution < 1.29 is 4.74 Å². The van der Waals surface area contributed by atoms with E-state index in [1.54, 1.807) is 11.3 Å². The van der Waals surface area contributed by atoms with Gasteiger partial charge in [-0.2, -0.15) is 0 Å². The third-order valence-corrected chi connectivity index (χ3v) is 3.00. The molecule has 0 aliphatic rings. The van der Waals surface area contributed by atoms with E-state index in [4.69, 9.17) is 4.74 Å². The first-order valence-electron chi connectivity index (χ1n) is 4.42. The third kappa shape index (κ3) is 1.42. The Morgan fingerprint density at radius 1 is 1.38 bits per heavy atom. The molecule has 0 aliphatic carbocycles. The lowest BCUT2D eigenvalue weighted by atomic mass is 10.2. The van der Waals surface area contributed by atoms with E-state index in [9.17, 15) is 0 Å². The van der Waals surface area contributed by atoms with Crippen LogP contribution in [0.25, 0.3) is 10.8 Å². The van der Waals surface area contributed by atoms with E-state index >= 15 is 0 Å². The number of thiophene rings is 1. The van der Waals surface area contributed by atoms with Gasteiger partial charge in [-0.25, -0.2) is 0 Å². The summed E-state index contributed by atoms with van der Waals surface area (Å²) < 4.78 is 5.56. The highest BCUT2D eigenvalue weighted by Gasteiger charge is 2.05. The lowest BCUT2D eigenvalue weighted by Gasteiger charge is -2.04. The van der Waals surface area contributed by atoms with Gasteiger partial charge in [-0.3, -0.25) is 0 Å². The lowest BCUT2D eigenvalue weighted by molar-refractivity contribution is 0.344. The number of aryl methyl sites for hydroxylation is 1. The summed E-state index contributed by atoms with van der Waals surface area (Å²) in [5, 5.41) is 4.73. The highest BCUT2D eigenvalue weighted by Crippen LogP contribution is 2.32. The van der Waals surface area contributed by atoms with E-state index in [-0.39, 0.29) is 0 Å². The molecule has 1 aromatic heterocycles. The molecule has 68 valence electrons. The van der Waals surface area contributed by atoms with Crippen LogP contribution in [0.2, 0.25) is 0 Å². The van der Waals surface area contributed by atoms with Crippen molar-refractivity contribution in [1.82, 2.24) is 0 Å². The van der Waals surface area contributed by atoms with Gasteiger partial charge in [-0.1, -0.05) is 12.1 Å². The Hall–Kier alpha value is -1.02. The Bertz CT molecular complexity index is 417. The first kappa shape index (κ1) is 8.57. The van der Waals surface area contributed by atoms with Crippen LogP contribution < -0.4 is 4.74 Å². The van der Waals surface area contributed by atoms with Gasteiger partial charge in [-0.05, 0) is 30.7 Å². The van der Waals surface area contributed by atoms with E-state index in [2.05, 4.69) is 18.4 Å². The molecule has 2 aromatic rings. The Balaban J connectivity index is 2.65. The SMILES string of the molecule is CCOc1cccc2csc(C)c12. The van der Waals surface area contributed by atoms with E-state index in [1.807, 2.05) is 19.1 Å². The van der Waals surface area contributed by atoms with E-state index in [0.717, 1.165) is 12.4 Å². The molecule has 0 unspecified atom stereocenters. The van der Waals surface area contributed by atoms with Crippen molar-refractivity contribution in [1.29, 1.82) is 0 Å². The molecule has 0 bridgehead atoms. The molecule has 13 heavy (non-hydrogen) atoms. The fraction of sp³-hybridized carbons (Fsp3) is 0.273. The van der Waals surface area contributed by atoms with Gasteiger partial charge in [0.25, 0.3) is 0 Å². The zero-order valence-corrected chi connectivity index (χ0v) is 8.65. The van der Waals surface area contributed by atoms with E-state index < -0.39 is 0 Å². The maximum absolute atomic E-state index is 5.56. The lowest BCUT2D eigenvalue weighted by Crippen LogP contribution is -1.91. The fourth-order valence-electron chi connectivity index (χ4n) is 1.51. The van der Waals surface area contributed by atoms with E-state index in [1.165, 1.54) is 15.6 Å². The highest BCUT2D eigenvalue weighted by atomic mass is 32.1. The number of benzene rings is 1. The van der Waals surface area contributed by atoms with Crippen LogP contribution >= 0.6 is 11.3 Å². The molecular weight excluding hydrogens is 180 g/mol. The van der Waals surface area contributed by atoms with Crippen molar-refractivity contribution in [2.45, 2.75) is 13.8 Å². The second-order valence-electron chi connectivity index (χ2n) is 2.95. The summed E-state index contributed by atoms with van der Waals surface area (Å²) in [5.74, 6) is 1.01. The Kier molecular flexibility index (Phi) is 2.23. The topological polar surface area (TPSA) is 9.23 Å². The maximum Gasteiger partial charge on any atom is 0.128 e. The predicted octanol–water partition coefficient (Wildman–Crippen LogP) is 3.61. The minimum absolute atomic E-state index is 0.731. The maximum atomic E-state index is 5.56. The second-order valence-corrected chi connectivity index (χ2v) is 4.03. The van der Waals surface area contributed by atoms with Crippen LogP contribution in [0.1, 0.15) is 11.8 Å². The van der Waals surface area contributed by atoms with Gasteiger partial charge in [-0.15, -0.1) is 11.3 Å². The van der Waals surface area contributed by atoms with Crippen LogP contribution in [0.4, 0.5) is 0 Å². The van der Waals surface area contributed by atoms with Gasteiger partial charge < -0.3 is 4.74 Å².